The summed E-state index contributed by atoms with van der Waals surface area (Å²) in [6, 6.07) is 10.4. The number of aromatic amines is 1. The molecular weight excluding hydrogens is 330 g/mol. The van der Waals surface area contributed by atoms with Crippen molar-refractivity contribution in [2.75, 3.05) is 18.8 Å². The normalized spacial score (nSPS) is 11.0. The molecule has 0 aliphatic heterocycles. The third kappa shape index (κ3) is 7.28. The summed E-state index contributed by atoms with van der Waals surface area (Å²) in [5.74, 6) is 1.09. The van der Waals surface area contributed by atoms with Gasteiger partial charge < -0.3 is 10.3 Å². The lowest BCUT2D eigenvalue weighted by Gasteiger charge is -2.10. The fraction of sp³-hybridized carbons (Fsp3) is 0.400. The van der Waals surface area contributed by atoms with Gasteiger partial charge >= 0.3 is 0 Å². The lowest BCUT2D eigenvalue weighted by Crippen LogP contribution is -2.21. The predicted octanol–water partition coefficient (Wildman–Crippen LogP) is 4.28. The Kier molecular flexibility index (Phi) is 10.6. The molecule has 1 heterocycles. The Labute approximate surface area is 155 Å². The van der Waals surface area contributed by atoms with Crippen LogP contribution in [0.3, 0.4) is 0 Å². The van der Waals surface area contributed by atoms with Gasteiger partial charge in [-0.3, -0.25) is 4.79 Å². The number of aromatic nitrogens is 2. The topological polar surface area (TPSA) is 57.8 Å². The van der Waals surface area contributed by atoms with Crippen molar-refractivity contribution in [1.82, 2.24) is 15.3 Å². The fourth-order valence-electron chi connectivity index (χ4n) is 2.24. The quantitative estimate of drug-likeness (QED) is 0.545. The molecule has 0 saturated carbocycles. The van der Waals surface area contributed by atoms with E-state index in [1.807, 2.05) is 44.7 Å². The number of H-pyrrole nitrogens is 1. The molecule has 0 saturated heterocycles. The second-order valence-corrected chi connectivity index (χ2v) is 6.38. The van der Waals surface area contributed by atoms with Gasteiger partial charge in [0.1, 0.15) is 0 Å². The Morgan fingerprint density at radius 2 is 2.00 bits per heavy atom. The summed E-state index contributed by atoms with van der Waals surface area (Å²) in [7, 11) is 0. The molecule has 0 fully saturated rings. The summed E-state index contributed by atoms with van der Waals surface area (Å²) in [4.78, 5) is 19.9. The number of allylic oxidation sites excluding steroid dienone is 1. The highest BCUT2D eigenvalue weighted by atomic mass is 32.2. The molecule has 0 aliphatic carbocycles. The van der Waals surface area contributed by atoms with Crippen LogP contribution in [0.4, 0.5) is 0 Å². The maximum atomic E-state index is 11.7. The molecule has 0 bridgehead atoms. The molecule has 1 aromatic carbocycles. The Morgan fingerprint density at radius 3 is 2.68 bits per heavy atom. The van der Waals surface area contributed by atoms with Crippen LogP contribution in [0.1, 0.15) is 38.4 Å². The van der Waals surface area contributed by atoms with Gasteiger partial charge in [0.15, 0.2) is 0 Å². The maximum Gasteiger partial charge on any atom is 0.254 e. The van der Waals surface area contributed by atoms with Gasteiger partial charge in [-0.05, 0) is 50.3 Å². The van der Waals surface area contributed by atoms with Gasteiger partial charge in [0.05, 0.1) is 12.0 Å². The van der Waals surface area contributed by atoms with Crippen molar-refractivity contribution in [2.24, 2.45) is 0 Å². The number of hydrogen-bond acceptors (Lipinski definition) is 4. The van der Waals surface area contributed by atoms with E-state index in [1.54, 1.807) is 6.92 Å². The van der Waals surface area contributed by atoms with Crippen LogP contribution in [0.2, 0.25) is 0 Å². The van der Waals surface area contributed by atoms with Gasteiger partial charge in [-0.15, -0.1) is 11.8 Å². The molecule has 2 rings (SSSR count). The average Bonchev–Trinajstić information content (AvgIpc) is 2.66. The second-order valence-electron chi connectivity index (χ2n) is 5.21. The van der Waals surface area contributed by atoms with Crippen molar-refractivity contribution in [2.45, 2.75) is 39.0 Å². The third-order valence-corrected chi connectivity index (χ3v) is 4.66. The molecule has 136 valence electrons. The van der Waals surface area contributed by atoms with Crippen LogP contribution in [-0.2, 0) is 0 Å². The van der Waals surface area contributed by atoms with Crippen molar-refractivity contribution in [3.63, 3.8) is 0 Å². The number of nitrogens with zero attached hydrogens (tertiary/aromatic N) is 1. The predicted molar refractivity (Wildman–Crippen MR) is 109 cm³/mol. The highest BCUT2D eigenvalue weighted by Crippen LogP contribution is 2.17. The molecule has 0 unspecified atom stereocenters. The van der Waals surface area contributed by atoms with E-state index in [1.165, 1.54) is 11.2 Å². The minimum absolute atomic E-state index is 0.0754. The summed E-state index contributed by atoms with van der Waals surface area (Å²) in [5.41, 5.74) is 2.43. The number of thioether (sulfide) groups is 1. The molecule has 1 aromatic heterocycles. The van der Waals surface area contributed by atoms with E-state index in [-0.39, 0.29) is 5.56 Å². The lowest BCUT2D eigenvalue weighted by molar-refractivity contribution is 0.737. The zero-order chi connectivity index (χ0) is 18.5. The molecule has 0 atom stereocenters. The van der Waals surface area contributed by atoms with Gasteiger partial charge in [-0.2, -0.15) is 0 Å². The van der Waals surface area contributed by atoms with Crippen molar-refractivity contribution in [3.05, 3.63) is 64.3 Å². The Hall–Kier alpha value is -1.85. The Morgan fingerprint density at radius 1 is 1.28 bits per heavy atom. The fourth-order valence-corrected chi connectivity index (χ4v) is 3.12. The average molecular weight is 360 g/mol. The maximum absolute atomic E-state index is 11.7. The molecule has 0 radical (unpaired) electrons. The van der Waals surface area contributed by atoms with Crippen LogP contribution in [0, 0.1) is 6.92 Å². The van der Waals surface area contributed by atoms with Crippen LogP contribution in [0.15, 0.2) is 52.4 Å². The first-order valence-electron chi connectivity index (χ1n) is 8.80. The minimum atomic E-state index is -0.0754. The van der Waals surface area contributed by atoms with Crippen LogP contribution < -0.4 is 10.9 Å². The first-order chi connectivity index (χ1) is 12.2. The van der Waals surface area contributed by atoms with Gasteiger partial charge in [-0.1, -0.05) is 38.1 Å². The highest BCUT2D eigenvalue weighted by molar-refractivity contribution is 7.99. The van der Waals surface area contributed by atoms with Crippen molar-refractivity contribution >= 4 is 17.3 Å². The van der Waals surface area contributed by atoms with E-state index >= 15 is 0 Å². The SMILES string of the molecule is C/C=C(/CNCCCSc1ccccc1)c1nc[nH]c(=O)c1C.CC. The first kappa shape index (κ1) is 21.2. The van der Waals surface area contributed by atoms with E-state index in [2.05, 4.69) is 39.6 Å². The van der Waals surface area contributed by atoms with E-state index in [0.717, 1.165) is 36.5 Å². The first-order valence-corrected chi connectivity index (χ1v) is 9.79. The second kappa shape index (κ2) is 12.5. The number of nitrogens with one attached hydrogen (secondary N) is 2. The molecule has 5 heteroatoms. The van der Waals surface area contributed by atoms with Gasteiger partial charge in [0, 0.05) is 17.0 Å². The minimum Gasteiger partial charge on any atom is -0.313 e. The van der Waals surface area contributed by atoms with Crippen LogP contribution in [0.5, 0.6) is 0 Å². The monoisotopic (exact) mass is 359 g/mol. The van der Waals surface area contributed by atoms with Crippen LogP contribution in [0.25, 0.3) is 5.57 Å². The molecule has 25 heavy (non-hydrogen) atoms. The number of rotatable bonds is 8. The zero-order valence-electron chi connectivity index (χ0n) is 15.6. The molecule has 4 nitrogen and oxygen atoms in total. The molecule has 2 N–H and O–H groups in total. The van der Waals surface area contributed by atoms with E-state index in [9.17, 15) is 4.79 Å². The lowest BCUT2D eigenvalue weighted by atomic mass is 10.1. The summed E-state index contributed by atoms with van der Waals surface area (Å²) >= 11 is 1.87. The Balaban J connectivity index is 0.00000151. The van der Waals surface area contributed by atoms with Gasteiger partial charge in [-0.25, -0.2) is 4.98 Å². The number of benzene rings is 1. The smallest absolute Gasteiger partial charge is 0.254 e. The van der Waals surface area contributed by atoms with E-state index in [4.69, 9.17) is 0 Å². The summed E-state index contributed by atoms with van der Waals surface area (Å²) in [6.07, 6.45) is 4.57. The Bertz CT molecular complexity index is 696. The third-order valence-electron chi connectivity index (χ3n) is 3.56. The summed E-state index contributed by atoms with van der Waals surface area (Å²) in [6.45, 7) is 9.45. The van der Waals surface area contributed by atoms with Crippen molar-refractivity contribution < 1.29 is 0 Å². The molecule has 2 aromatic rings. The number of hydrogen-bond donors (Lipinski definition) is 2. The van der Waals surface area contributed by atoms with Gasteiger partial charge in [0.2, 0.25) is 0 Å². The van der Waals surface area contributed by atoms with Crippen LogP contribution in [-0.4, -0.2) is 28.8 Å². The summed E-state index contributed by atoms with van der Waals surface area (Å²) in [5, 5.41) is 3.43. The van der Waals surface area contributed by atoms with E-state index < -0.39 is 0 Å². The van der Waals surface area contributed by atoms with Crippen molar-refractivity contribution in [1.29, 1.82) is 0 Å². The standard InChI is InChI=1S/C18H23N3OS.C2H6/c1-3-15(17-14(2)18(22)21-13-20-17)12-19-10-7-11-23-16-8-5-4-6-9-16;1-2/h3-6,8-9,13,19H,7,10-12H2,1-2H3,(H,20,21,22);1-2H3/b15-3-;. The molecule has 0 aliphatic rings. The van der Waals surface area contributed by atoms with Crippen molar-refractivity contribution in [3.8, 4) is 0 Å². The molecule has 0 spiro atoms. The highest BCUT2D eigenvalue weighted by Gasteiger charge is 2.08. The van der Waals surface area contributed by atoms with E-state index in [0.29, 0.717) is 5.56 Å². The van der Waals surface area contributed by atoms with Gasteiger partial charge in [0.25, 0.3) is 5.56 Å². The molecule has 0 amide bonds. The largest absolute Gasteiger partial charge is 0.313 e. The zero-order valence-corrected chi connectivity index (χ0v) is 16.5. The van der Waals surface area contributed by atoms with Crippen LogP contribution >= 0.6 is 11.8 Å². The summed E-state index contributed by atoms with van der Waals surface area (Å²) < 4.78 is 0. The molecular formula is C20H29N3OS.